The van der Waals surface area contributed by atoms with Gasteiger partial charge < -0.3 is 4.74 Å². The molecule has 5 heteroatoms. The minimum absolute atomic E-state index is 0.253. The van der Waals surface area contributed by atoms with Crippen molar-refractivity contribution in [3.63, 3.8) is 0 Å². The van der Waals surface area contributed by atoms with E-state index in [0.29, 0.717) is 18.7 Å². The van der Waals surface area contributed by atoms with Gasteiger partial charge in [0.2, 0.25) is 0 Å². The standard InChI is InChI=1S/C14H23N3O2/c1-3-17(9-10-19-4-2)11-12-7-5-6-8-13(12)14(18)16-15/h5-8H,3-4,9-11,15H2,1-2H3,(H,16,18). The van der Waals surface area contributed by atoms with Gasteiger partial charge in [-0.15, -0.1) is 0 Å². The van der Waals surface area contributed by atoms with Crippen LogP contribution in [-0.2, 0) is 11.3 Å². The number of amides is 1. The maximum absolute atomic E-state index is 11.7. The second kappa shape index (κ2) is 8.63. The van der Waals surface area contributed by atoms with E-state index >= 15 is 0 Å². The van der Waals surface area contributed by atoms with Crippen LogP contribution in [0, 0.1) is 0 Å². The largest absolute Gasteiger partial charge is 0.380 e. The van der Waals surface area contributed by atoms with Gasteiger partial charge in [0, 0.05) is 25.3 Å². The summed E-state index contributed by atoms with van der Waals surface area (Å²) in [6, 6.07) is 7.51. The number of likely N-dealkylation sites (N-methyl/N-ethyl adjacent to an activating group) is 1. The summed E-state index contributed by atoms with van der Waals surface area (Å²) in [7, 11) is 0. The zero-order chi connectivity index (χ0) is 14.1. The summed E-state index contributed by atoms with van der Waals surface area (Å²) >= 11 is 0. The smallest absolute Gasteiger partial charge is 0.265 e. The molecule has 19 heavy (non-hydrogen) atoms. The highest BCUT2D eigenvalue weighted by Crippen LogP contribution is 2.11. The molecule has 0 aliphatic heterocycles. The number of nitrogen functional groups attached to an aromatic ring is 1. The lowest BCUT2D eigenvalue weighted by Gasteiger charge is -2.21. The number of nitrogens with one attached hydrogen (secondary N) is 1. The molecule has 1 aromatic carbocycles. The number of hydrogen-bond acceptors (Lipinski definition) is 4. The Bertz CT molecular complexity index is 396. The van der Waals surface area contributed by atoms with Crippen molar-refractivity contribution in [1.82, 2.24) is 10.3 Å². The second-order valence-electron chi connectivity index (χ2n) is 4.20. The average Bonchev–Trinajstić information content (AvgIpc) is 2.46. The van der Waals surface area contributed by atoms with Gasteiger partial charge in [0.05, 0.1) is 6.61 Å². The topological polar surface area (TPSA) is 67.6 Å². The summed E-state index contributed by atoms with van der Waals surface area (Å²) in [6.45, 7) is 7.98. The van der Waals surface area contributed by atoms with Crippen LogP contribution in [0.4, 0.5) is 0 Å². The summed E-state index contributed by atoms with van der Waals surface area (Å²) < 4.78 is 5.36. The normalized spacial score (nSPS) is 10.7. The SMILES string of the molecule is CCOCCN(CC)Cc1ccccc1C(=O)NN. The Hall–Kier alpha value is -1.43. The van der Waals surface area contributed by atoms with Crippen LogP contribution < -0.4 is 11.3 Å². The maximum Gasteiger partial charge on any atom is 0.265 e. The molecule has 0 atom stereocenters. The van der Waals surface area contributed by atoms with Crippen LogP contribution in [0.1, 0.15) is 29.8 Å². The van der Waals surface area contributed by atoms with E-state index in [-0.39, 0.29) is 5.91 Å². The van der Waals surface area contributed by atoms with Gasteiger partial charge in [0.1, 0.15) is 0 Å². The number of nitrogens with two attached hydrogens (primary N) is 1. The highest BCUT2D eigenvalue weighted by molar-refractivity contribution is 5.95. The van der Waals surface area contributed by atoms with E-state index in [9.17, 15) is 4.79 Å². The van der Waals surface area contributed by atoms with E-state index in [1.54, 1.807) is 6.07 Å². The van der Waals surface area contributed by atoms with Crippen molar-refractivity contribution in [3.05, 3.63) is 35.4 Å². The van der Waals surface area contributed by atoms with Crippen molar-refractivity contribution in [2.45, 2.75) is 20.4 Å². The molecule has 1 rings (SSSR count). The number of carbonyl (C=O) groups is 1. The predicted octanol–water partition coefficient (Wildman–Crippen LogP) is 1.15. The van der Waals surface area contributed by atoms with Crippen LogP contribution in [0.25, 0.3) is 0 Å². The summed E-state index contributed by atoms with van der Waals surface area (Å²) in [5.74, 6) is 4.95. The Morgan fingerprint density at radius 1 is 1.37 bits per heavy atom. The Kier molecular flexibility index (Phi) is 7.10. The number of nitrogens with zero attached hydrogens (tertiary/aromatic N) is 1. The molecule has 0 saturated heterocycles. The summed E-state index contributed by atoms with van der Waals surface area (Å²) in [5.41, 5.74) is 3.78. The first-order valence-corrected chi connectivity index (χ1v) is 6.61. The van der Waals surface area contributed by atoms with Crippen molar-refractivity contribution in [3.8, 4) is 0 Å². The van der Waals surface area contributed by atoms with Crippen LogP contribution in [0.2, 0.25) is 0 Å². The maximum atomic E-state index is 11.7. The highest BCUT2D eigenvalue weighted by atomic mass is 16.5. The molecule has 0 radical (unpaired) electrons. The van der Waals surface area contributed by atoms with E-state index in [4.69, 9.17) is 10.6 Å². The van der Waals surface area contributed by atoms with Crippen LogP contribution in [0.5, 0.6) is 0 Å². The Morgan fingerprint density at radius 3 is 2.74 bits per heavy atom. The lowest BCUT2D eigenvalue weighted by atomic mass is 10.1. The third-order valence-corrected chi connectivity index (χ3v) is 2.99. The number of benzene rings is 1. The molecule has 0 aliphatic rings. The molecular weight excluding hydrogens is 242 g/mol. The van der Waals surface area contributed by atoms with Gasteiger partial charge in [0.15, 0.2) is 0 Å². The lowest BCUT2D eigenvalue weighted by molar-refractivity contribution is 0.0949. The molecule has 106 valence electrons. The Morgan fingerprint density at radius 2 is 2.11 bits per heavy atom. The quantitative estimate of drug-likeness (QED) is 0.320. The van der Waals surface area contributed by atoms with Gasteiger partial charge >= 0.3 is 0 Å². The van der Waals surface area contributed by atoms with Gasteiger partial charge in [-0.1, -0.05) is 25.1 Å². The van der Waals surface area contributed by atoms with Crippen molar-refractivity contribution in [2.24, 2.45) is 5.84 Å². The average molecular weight is 265 g/mol. The van der Waals surface area contributed by atoms with Gasteiger partial charge in [-0.05, 0) is 25.1 Å². The van der Waals surface area contributed by atoms with E-state index in [1.165, 1.54) is 0 Å². The molecule has 1 aromatic rings. The number of ether oxygens (including phenoxy) is 1. The van der Waals surface area contributed by atoms with E-state index in [2.05, 4.69) is 17.2 Å². The first-order valence-electron chi connectivity index (χ1n) is 6.61. The Balaban J connectivity index is 2.71. The second-order valence-corrected chi connectivity index (χ2v) is 4.20. The van der Waals surface area contributed by atoms with E-state index in [0.717, 1.165) is 25.3 Å². The first kappa shape index (κ1) is 15.6. The number of carbonyl (C=O) groups excluding carboxylic acids is 1. The number of hydrazine groups is 1. The van der Waals surface area contributed by atoms with Crippen molar-refractivity contribution in [2.75, 3.05) is 26.3 Å². The summed E-state index contributed by atoms with van der Waals surface area (Å²) in [5, 5.41) is 0. The molecule has 5 nitrogen and oxygen atoms in total. The van der Waals surface area contributed by atoms with Crippen LogP contribution in [-0.4, -0.2) is 37.1 Å². The highest BCUT2D eigenvalue weighted by Gasteiger charge is 2.12. The van der Waals surface area contributed by atoms with Crippen molar-refractivity contribution >= 4 is 5.91 Å². The molecule has 0 saturated carbocycles. The fourth-order valence-corrected chi connectivity index (χ4v) is 1.89. The molecule has 0 heterocycles. The zero-order valence-corrected chi connectivity index (χ0v) is 11.7. The predicted molar refractivity (Wildman–Crippen MR) is 75.5 cm³/mol. The van der Waals surface area contributed by atoms with Gasteiger partial charge in [-0.3, -0.25) is 15.1 Å². The molecular formula is C14H23N3O2. The molecule has 0 spiro atoms. The zero-order valence-electron chi connectivity index (χ0n) is 11.7. The fourth-order valence-electron chi connectivity index (χ4n) is 1.89. The van der Waals surface area contributed by atoms with Gasteiger partial charge in [0.25, 0.3) is 5.91 Å². The van der Waals surface area contributed by atoms with Crippen molar-refractivity contribution in [1.29, 1.82) is 0 Å². The van der Waals surface area contributed by atoms with Crippen molar-refractivity contribution < 1.29 is 9.53 Å². The van der Waals surface area contributed by atoms with E-state index < -0.39 is 0 Å². The van der Waals surface area contributed by atoms with Gasteiger partial charge in [-0.2, -0.15) is 0 Å². The lowest BCUT2D eigenvalue weighted by Crippen LogP contribution is -2.32. The summed E-state index contributed by atoms with van der Waals surface area (Å²) in [4.78, 5) is 13.9. The van der Waals surface area contributed by atoms with E-state index in [1.807, 2.05) is 25.1 Å². The number of hydrogen-bond donors (Lipinski definition) is 2. The molecule has 1 amide bonds. The third kappa shape index (κ3) is 4.98. The van der Waals surface area contributed by atoms with Gasteiger partial charge in [-0.25, -0.2) is 5.84 Å². The monoisotopic (exact) mass is 265 g/mol. The first-order chi connectivity index (χ1) is 9.22. The molecule has 0 bridgehead atoms. The van der Waals surface area contributed by atoms with Crippen LogP contribution >= 0.6 is 0 Å². The van der Waals surface area contributed by atoms with Crippen LogP contribution in [0.15, 0.2) is 24.3 Å². The molecule has 0 aliphatic carbocycles. The fraction of sp³-hybridized carbons (Fsp3) is 0.500. The molecule has 3 N–H and O–H groups in total. The molecule has 0 unspecified atom stereocenters. The third-order valence-electron chi connectivity index (χ3n) is 2.99. The number of rotatable bonds is 8. The van der Waals surface area contributed by atoms with Crippen LogP contribution in [0.3, 0.4) is 0 Å². The summed E-state index contributed by atoms with van der Waals surface area (Å²) in [6.07, 6.45) is 0. The Labute approximate surface area is 114 Å². The molecule has 0 fully saturated rings. The minimum atomic E-state index is -0.253. The molecule has 0 aromatic heterocycles. The minimum Gasteiger partial charge on any atom is -0.380 e.